The van der Waals surface area contributed by atoms with Crippen molar-refractivity contribution in [2.75, 3.05) is 26.2 Å². The third-order valence-corrected chi connectivity index (χ3v) is 6.28. The molecule has 2 heterocycles. The number of ether oxygens (including phenoxy) is 1. The molecule has 0 radical (unpaired) electrons. The van der Waals surface area contributed by atoms with E-state index in [0.717, 1.165) is 31.1 Å². The van der Waals surface area contributed by atoms with Gasteiger partial charge >= 0.3 is 0 Å². The Morgan fingerprint density at radius 2 is 1.96 bits per heavy atom. The third-order valence-electron chi connectivity index (χ3n) is 6.28. The van der Waals surface area contributed by atoms with Crippen molar-refractivity contribution in [3.8, 4) is 5.75 Å². The highest BCUT2D eigenvalue weighted by Gasteiger charge is 2.36. The van der Waals surface area contributed by atoms with E-state index in [-0.39, 0.29) is 5.41 Å². The fourth-order valence-corrected chi connectivity index (χ4v) is 4.41. The van der Waals surface area contributed by atoms with E-state index in [0.29, 0.717) is 0 Å². The van der Waals surface area contributed by atoms with Crippen molar-refractivity contribution < 1.29 is 4.74 Å². The topological polar surface area (TPSA) is 12.5 Å². The predicted octanol–water partition coefficient (Wildman–Crippen LogP) is 4.46. The molecule has 1 atom stereocenters. The molecule has 1 saturated heterocycles. The van der Waals surface area contributed by atoms with Crippen LogP contribution >= 0.6 is 0 Å². The van der Waals surface area contributed by atoms with Crippen LogP contribution in [-0.2, 0) is 18.3 Å². The van der Waals surface area contributed by atoms with Gasteiger partial charge in [0, 0.05) is 19.5 Å². The maximum Gasteiger partial charge on any atom is 0.122 e. The largest absolute Gasteiger partial charge is 0.493 e. The first-order valence-corrected chi connectivity index (χ1v) is 9.65. The SMILES string of the molecule is CC(C)(c1ccccc1)C1CCN(CCc2ccc3c(c2)CCO3)C1. The normalized spacial score (nSPS) is 20.5. The molecule has 2 heteroatoms. The van der Waals surface area contributed by atoms with Gasteiger partial charge in [-0.05, 0) is 53.5 Å². The molecule has 2 aliphatic rings. The summed E-state index contributed by atoms with van der Waals surface area (Å²) in [5.41, 5.74) is 4.57. The van der Waals surface area contributed by atoms with Crippen LogP contribution in [-0.4, -0.2) is 31.1 Å². The molecule has 1 unspecified atom stereocenters. The highest BCUT2D eigenvalue weighted by molar-refractivity contribution is 5.39. The van der Waals surface area contributed by atoms with Gasteiger partial charge in [0.25, 0.3) is 0 Å². The molecule has 0 saturated carbocycles. The van der Waals surface area contributed by atoms with Crippen LogP contribution in [0.2, 0.25) is 0 Å². The lowest BCUT2D eigenvalue weighted by atomic mass is 9.73. The quantitative estimate of drug-likeness (QED) is 0.800. The Labute approximate surface area is 151 Å². The average Bonchev–Trinajstić information content (AvgIpc) is 3.30. The summed E-state index contributed by atoms with van der Waals surface area (Å²) in [7, 11) is 0. The van der Waals surface area contributed by atoms with E-state index in [1.54, 1.807) is 0 Å². The fourth-order valence-electron chi connectivity index (χ4n) is 4.41. The molecule has 2 aromatic carbocycles. The maximum atomic E-state index is 5.61. The second-order valence-electron chi connectivity index (χ2n) is 8.16. The van der Waals surface area contributed by atoms with Crippen LogP contribution in [0.15, 0.2) is 48.5 Å². The lowest BCUT2D eigenvalue weighted by Gasteiger charge is -2.32. The van der Waals surface area contributed by atoms with Gasteiger partial charge in [-0.15, -0.1) is 0 Å². The Kier molecular flexibility index (Phi) is 4.56. The Balaban J connectivity index is 1.35. The van der Waals surface area contributed by atoms with Crippen molar-refractivity contribution in [3.05, 3.63) is 65.2 Å². The van der Waals surface area contributed by atoms with E-state index in [1.165, 1.54) is 42.7 Å². The van der Waals surface area contributed by atoms with Gasteiger partial charge in [-0.3, -0.25) is 0 Å². The summed E-state index contributed by atoms with van der Waals surface area (Å²) in [6.07, 6.45) is 3.52. The van der Waals surface area contributed by atoms with Crippen molar-refractivity contribution in [1.29, 1.82) is 0 Å². The fraction of sp³-hybridized carbons (Fsp3) is 0.478. The van der Waals surface area contributed by atoms with E-state index in [2.05, 4.69) is 67.3 Å². The van der Waals surface area contributed by atoms with Crippen LogP contribution in [0.5, 0.6) is 5.75 Å². The summed E-state index contributed by atoms with van der Waals surface area (Å²) in [6, 6.07) is 17.8. The van der Waals surface area contributed by atoms with Gasteiger partial charge in [0.05, 0.1) is 6.61 Å². The lowest BCUT2D eigenvalue weighted by molar-refractivity contribution is 0.281. The molecule has 1 fully saturated rings. The van der Waals surface area contributed by atoms with Crippen molar-refractivity contribution in [2.24, 2.45) is 5.92 Å². The molecule has 0 aliphatic carbocycles. The summed E-state index contributed by atoms with van der Waals surface area (Å²) in [4.78, 5) is 2.65. The Bertz CT molecular complexity index is 722. The smallest absolute Gasteiger partial charge is 0.122 e. The summed E-state index contributed by atoms with van der Waals surface area (Å²) < 4.78 is 5.61. The maximum absolute atomic E-state index is 5.61. The summed E-state index contributed by atoms with van der Waals surface area (Å²) in [6.45, 7) is 9.29. The molecule has 0 spiro atoms. The number of rotatable bonds is 5. The first-order chi connectivity index (χ1) is 12.1. The van der Waals surface area contributed by atoms with E-state index >= 15 is 0 Å². The van der Waals surface area contributed by atoms with Crippen molar-refractivity contribution >= 4 is 0 Å². The Morgan fingerprint density at radius 3 is 2.80 bits per heavy atom. The van der Waals surface area contributed by atoms with Gasteiger partial charge in [0.2, 0.25) is 0 Å². The zero-order valence-electron chi connectivity index (χ0n) is 15.5. The van der Waals surface area contributed by atoms with Crippen LogP contribution < -0.4 is 4.74 Å². The summed E-state index contributed by atoms with van der Waals surface area (Å²) in [5, 5.41) is 0. The Hall–Kier alpha value is -1.80. The van der Waals surface area contributed by atoms with Crippen molar-refractivity contribution in [2.45, 2.75) is 38.5 Å². The molecule has 2 aromatic rings. The third kappa shape index (κ3) is 3.46. The summed E-state index contributed by atoms with van der Waals surface area (Å²) >= 11 is 0. The number of nitrogens with zero attached hydrogens (tertiary/aromatic N) is 1. The molecule has 2 nitrogen and oxygen atoms in total. The first-order valence-electron chi connectivity index (χ1n) is 9.65. The second kappa shape index (κ2) is 6.84. The number of likely N-dealkylation sites (tertiary alicyclic amines) is 1. The summed E-state index contributed by atoms with van der Waals surface area (Å²) in [5.74, 6) is 1.83. The van der Waals surface area contributed by atoms with E-state index < -0.39 is 0 Å². The molecule has 0 bridgehead atoms. The lowest BCUT2D eigenvalue weighted by Crippen LogP contribution is -2.32. The molecule has 0 aromatic heterocycles. The molecule has 2 aliphatic heterocycles. The van der Waals surface area contributed by atoms with Crippen molar-refractivity contribution in [1.82, 2.24) is 4.90 Å². The van der Waals surface area contributed by atoms with E-state index in [1.807, 2.05) is 0 Å². The van der Waals surface area contributed by atoms with Gasteiger partial charge in [0.15, 0.2) is 0 Å². The standard InChI is InChI=1S/C23H29NO/c1-23(2,20-6-4-3-5-7-20)21-11-14-24(17-21)13-10-18-8-9-22-19(16-18)12-15-25-22/h3-9,16,21H,10-15,17H2,1-2H3. The molecular weight excluding hydrogens is 306 g/mol. The average molecular weight is 335 g/mol. The second-order valence-corrected chi connectivity index (χ2v) is 8.16. The monoisotopic (exact) mass is 335 g/mol. The van der Waals surface area contributed by atoms with Crippen LogP contribution in [0.1, 0.15) is 37.0 Å². The minimum Gasteiger partial charge on any atom is -0.493 e. The van der Waals surface area contributed by atoms with Crippen molar-refractivity contribution in [3.63, 3.8) is 0 Å². The molecule has 25 heavy (non-hydrogen) atoms. The van der Waals surface area contributed by atoms with Gasteiger partial charge in [-0.2, -0.15) is 0 Å². The highest BCUT2D eigenvalue weighted by atomic mass is 16.5. The van der Waals surface area contributed by atoms with Gasteiger partial charge in [-0.1, -0.05) is 56.3 Å². The molecular formula is C23H29NO. The van der Waals surface area contributed by atoms with Gasteiger partial charge in [0.1, 0.15) is 5.75 Å². The molecule has 0 N–H and O–H groups in total. The number of fused-ring (bicyclic) bond motifs is 1. The molecule has 132 valence electrons. The molecule has 0 amide bonds. The molecule has 4 rings (SSSR count). The number of hydrogen-bond donors (Lipinski definition) is 0. The van der Waals surface area contributed by atoms with Crippen LogP contribution in [0.4, 0.5) is 0 Å². The minimum atomic E-state index is 0.251. The first kappa shape index (κ1) is 16.7. The zero-order chi connectivity index (χ0) is 17.3. The van der Waals surface area contributed by atoms with Crippen LogP contribution in [0.3, 0.4) is 0 Å². The van der Waals surface area contributed by atoms with Crippen LogP contribution in [0, 0.1) is 5.92 Å². The van der Waals surface area contributed by atoms with E-state index in [9.17, 15) is 0 Å². The minimum absolute atomic E-state index is 0.251. The van der Waals surface area contributed by atoms with E-state index in [4.69, 9.17) is 4.74 Å². The zero-order valence-corrected chi connectivity index (χ0v) is 15.5. The van der Waals surface area contributed by atoms with Gasteiger partial charge in [-0.25, -0.2) is 0 Å². The van der Waals surface area contributed by atoms with Crippen LogP contribution in [0.25, 0.3) is 0 Å². The number of benzene rings is 2. The predicted molar refractivity (Wildman–Crippen MR) is 103 cm³/mol. The van der Waals surface area contributed by atoms with Gasteiger partial charge < -0.3 is 9.64 Å². The number of hydrogen-bond acceptors (Lipinski definition) is 2. The highest BCUT2D eigenvalue weighted by Crippen LogP contribution is 2.37. The Morgan fingerprint density at radius 1 is 1.12 bits per heavy atom.